The maximum absolute atomic E-state index is 13.1. The van der Waals surface area contributed by atoms with Gasteiger partial charge < -0.3 is 15.7 Å². The number of carbonyl (C=O) groups is 2. The number of aromatic hydroxyl groups is 1. The number of nitrogens with zero attached hydrogens (tertiary/aromatic N) is 5. The summed E-state index contributed by atoms with van der Waals surface area (Å²) in [5.41, 5.74) is 2.62. The Morgan fingerprint density at radius 3 is 2.79 bits per heavy atom. The molecular formula is C23H23N7O3S. The van der Waals surface area contributed by atoms with Crippen molar-refractivity contribution in [2.24, 2.45) is 0 Å². The fourth-order valence-corrected chi connectivity index (χ4v) is 5.00. The molecule has 3 N–H and O–H groups in total. The molecule has 0 atom stereocenters. The Kier molecular flexibility index (Phi) is 5.95. The van der Waals surface area contributed by atoms with Gasteiger partial charge in [0.2, 0.25) is 11.8 Å². The topological polar surface area (TPSA) is 125 Å². The molecule has 0 unspecified atom stereocenters. The first-order valence-corrected chi connectivity index (χ1v) is 11.7. The molecular weight excluding hydrogens is 454 g/mol. The summed E-state index contributed by atoms with van der Waals surface area (Å²) in [4.78, 5) is 37.2. The number of amides is 2. The van der Waals surface area contributed by atoms with Crippen LogP contribution in [0.25, 0.3) is 15.3 Å². The lowest BCUT2D eigenvalue weighted by Crippen LogP contribution is -2.30. The number of aryl methyl sites for hydroxylation is 1. The number of carbonyl (C=O) groups excluding carboxylic acids is 2. The van der Waals surface area contributed by atoms with Crippen molar-refractivity contribution in [3.63, 3.8) is 0 Å². The summed E-state index contributed by atoms with van der Waals surface area (Å²) in [5, 5.41) is 20.1. The molecule has 174 valence electrons. The molecule has 1 saturated heterocycles. The highest BCUT2D eigenvalue weighted by Crippen LogP contribution is 2.34. The molecule has 0 aromatic carbocycles. The van der Waals surface area contributed by atoms with E-state index in [-0.39, 0.29) is 17.7 Å². The molecule has 10 nitrogen and oxygen atoms in total. The van der Waals surface area contributed by atoms with Gasteiger partial charge in [-0.05, 0) is 51.1 Å². The van der Waals surface area contributed by atoms with Crippen LogP contribution in [0.1, 0.15) is 28.9 Å². The lowest BCUT2D eigenvalue weighted by Gasteiger charge is -2.15. The Balaban J connectivity index is 1.33. The van der Waals surface area contributed by atoms with Crippen LogP contribution in [0, 0.1) is 6.92 Å². The highest BCUT2D eigenvalue weighted by atomic mass is 32.1. The Hall–Kier alpha value is -3.83. The summed E-state index contributed by atoms with van der Waals surface area (Å²) in [6.45, 7) is 4.00. The molecule has 1 aliphatic heterocycles. The zero-order valence-corrected chi connectivity index (χ0v) is 19.3. The summed E-state index contributed by atoms with van der Waals surface area (Å²) in [6, 6.07) is 5.19. The van der Waals surface area contributed by atoms with Crippen LogP contribution in [0.15, 0.2) is 43.0 Å². The van der Waals surface area contributed by atoms with Crippen molar-refractivity contribution in [2.45, 2.75) is 19.8 Å². The van der Waals surface area contributed by atoms with Crippen LogP contribution in [0.5, 0.6) is 5.88 Å². The smallest absolute Gasteiger partial charge is 0.260 e. The molecule has 5 heterocycles. The van der Waals surface area contributed by atoms with E-state index in [9.17, 15) is 14.7 Å². The van der Waals surface area contributed by atoms with E-state index < -0.39 is 0 Å². The van der Waals surface area contributed by atoms with Gasteiger partial charge in [0.05, 0.1) is 52.0 Å². The van der Waals surface area contributed by atoms with Crippen molar-refractivity contribution in [1.82, 2.24) is 24.5 Å². The minimum atomic E-state index is -0.343. The fourth-order valence-electron chi connectivity index (χ4n) is 3.92. The Labute approximate surface area is 199 Å². The molecule has 0 spiro atoms. The zero-order valence-electron chi connectivity index (χ0n) is 18.5. The van der Waals surface area contributed by atoms with Crippen molar-refractivity contribution < 1.29 is 14.7 Å². The van der Waals surface area contributed by atoms with E-state index >= 15 is 0 Å². The molecule has 5 rings (SSSR count). The van der Waals surface area contributed by atoms with Gasteiger partial charge in [-0.15, -0.1) is 11.3 Å². The van der Waals surface area contributed by atoms with Gasteiger partial charge in [0.25, 0.3) is 5.91 Å². The number of rotatable bonds is 6. The van der Waals surface area contributed by atoms with Crippen LogP contribution >= 0.6 is 11.3 Å². The molecule has 1 aliphatic rings. The van der Waals surface area contributed by atoms with Gasteiger partial charge >= 0.3 is 0 Å². The van der Waals surface area contributed by atoms with Crippen molar-refractivity contribution in [2.75, 3.05) is 30.3 Å². The Morgan fingerprint density at radius 1 is 1.18 bits per heavy atom. The highest BCUT2D eigenvalue weighted by Gasteiger charge is 2.19. The SMILES string of the molecule is Cc1ncc(NC(=O)CN2CCCC2)cc1NC(=O)c1cnn2cc(-c3cccnc3O)sc12. The van der Waals surface area contributed by atoms with E-state index in [1.807, 2.05) is 0 Å². The van der Waals surface area contributed by atoms with E-state index in [1.54, 1.807) is 42.0 Å². The lowest BCUT2D eigenvalue weighted by molar-refractivity contribution is -0.117. The summed E-state index contributed by atoms with van der Waals surface area (Å²) in [5.74, 6) is -0.527. The number of anilines is 2. The molecule has 4 aromatic heterocycles. The second kappa shape index (κ2) is 9.20. The number of nitrogens with one attached hydrogen (secondary N) is 2. The Bertz CT molecular complexity index is 1370. The van der Waals surface area contributed by atoms with Gasteiger partial charge in [0.15, 0.2) is 0 Å². The largest absolute Gasteiger partial charge is 0.493 e. The van der Waals surface area contributed by atoms with Crippen LogP contribution in [-0.2, 0) is 4.79 Å². The van der Waals surface area contributed by atoms with Crippen molar-refractivity contribution >= 4 is 39.4 Å². The zero-order chi connectivity index (χ0) is 23.7. The number of pyridine rings is 2. The maximum Gasteiger partial charge on any atom is 0.260 e. The number of thiazole rings is 1. The third kappa shape index (κ3) is 4.47. The molecule has 4 aromatic rings. The molecule has 34 heavy (non-hydrogen) atoms. The van der Waals surface area contributed by atoms with E-state index in [0.717, 1.165) is 30.8 Å². The molecule has 2 amide bonds. The first-order valence-electron chi connectivity index (χ1n) is 10.9. The van der Waals surface area contributed by atoms with Gasteiger partial charge in [-0.25, -0.2) is 9.50 Å². The van der Waals surface area contributed by atoms with Crippen LogP contribution in [0.4, 0.5) is 11.4 Å². The van der Waals surface area contributed by atoms with Crippen LogP contribution in [0.2, 0.25) is 0 Å². The first-order chi connectivity index (χ1) is 16.5. The normalized spacial score (nSPS) is 13.9. The van der Waals surface area contributed by atoms with Gasteiger partial charge in [0.1, 0.15) is 4.83 Å². The second-order valence-corrected chi connectivity index (χ2v) is 9.15. The number of hydrogen-bond donors (Lipinski definition) is 3. The van der Waals surface area contributed by atoms with E-state index in [2.05, 4.69) is 30.6 Å². The number of likely N-dealkylation sites (tertiary alicyclic amines) is 1. The van der Waals surface area contributed by atoms with Gasteiger partial charge in [-0.2, -0.15) is 5.10 Å². The van der Waals surface area contributed by atoms with Gasteiger partial charge in [-0.1, -0.05) is 0 Å². The van der Waals surface area contributed by atoms with Crippen molar-refractivity contribution in [3.05, 3.63) is 54.2 Å². The molecule has 0 radical (unpaired) electrons. The summed E-state index contributed by atoms with van der Waals surface area (Å²) in [6.07, 6.45) is 8.57. The predicted molar refractivity (Wildman–Crippen MR) is 129 cm³/mol. The first kappa shape index (κ1) is 22.0. The average molecular weight is 478 g/mol. The predicted octanol–water partition coefficient (Wildman–Crippen LogP) is 3.15. The van der Waals surface area contributed by atoms with Crippen molar-refractivity contribution in [1.29, 1.82) is 0 Å². The van der Waals surface area contributed by atoms with Crippen LogP contribution in [-0.4, -0.2) is 61.0 Å². The highest BCUT2D eigenvalue weighted by molar-refractivity contribution is 7.21. The number of fused-ring (bicyclic) bond motifs is 1. The third-order valence-electron chi connectivity index (χ3n) is 5.68. The van der Waals surface area contributed by atoms with Crippen LogP contribution in [0.3, 0.4) is 0 Å². The standard InChI is InChI=1S/C23H23N7O3S/c1-14-18(9-15(10-25-14)27-20(31)13-29-7-2-3-8-29)28-22(33)17-11-26-30-12-19(34-23(17)30)16-5-4-6-24-21(16)32/h4-6,9-12H,2-3,7-8,13H2,1H3,(H,24,32)(H,27,31)(H,28,33). The molecule has 0 saturated carbocycles. The van der Waals surface area contributed by atoms with E-state index in [1.165, 1.54) is 23.7 Å². The quantitative estimate of drug-likeness (QED) is 0.390. The summed E-state index contributed by atoms with van der Waals surface area (Å²) >= 11 is 1.33. The Morgan fingerprint density at radius 2 is 2.00 bits per heavy atom. The fraction of sp³-hybridized carbons (Fsp3) is 0.261. The monoisotopic (exact) mass is 477 g/mol. The average Bonchev–Trinajstić information content (AvgIpc) is 3.54. The van der Waals surface area contributed by atoms with E-state index in [4.69, 9.17) is 0 Å². The minimum absolute atomic E-state index is 0.0803. The number of aromatic nitrogens is 4. The maximum atomic E-state index is 13.1. The molecule has 0 bridgehead atoms. The van der Waals surface area contributed by atoms with Crippen LogP contribution < -0.4 is 10.6 Å². The molecule has 11 heteroatoms. The summed E-state index contributed by atoms with van der Waals surface area (Å²) < 4.78 is 1.60. The number of hydrogen-bond acceptors (Lipinski definition) is 8. The molecule has 0 aliphatic carbocycles. The van der Waals surface area contributed by atoms with Crippen molar-refractivity contribution in [3.8, 4) is 16.3 Å². The second-order valence-electron chi connectivity index (χ2n) is 8.12. The molecule has 1 fully saturated rings. The van der Waals surface area contributed by atoms with Gasteiger partial charge in [0, 0.05) is 12.4 Å². The van der Waals surface area contributed by atoms with Gasteiger partial charge in [-0.3, -0.25) is 19.5 Å². The lowest BCUT2D eigenvalue weighted by atomic mass is 10.2. The van der Waals surface area contributed by atoms with E-state index in [0.29, 0.717) is 39.6 Å². The summed E-state index contributed by atoms with van der Waals surface area (Å²) in [7, 11) is 0. The minimum Gasteiger partial charge on any atom is -0.493 e. The third-order valence-corrected chi connectivity index (χ3v) is 6.82.